The topological polar surface area (TPSA) is 3.24 Å². The molecule has 2 heteroatoms. The Labute approximate surface area is 78.2 Å². The van der Waals surface area contributed by atoms with Crippen molar-refractivity contribution in [2.75, 3.05) is 13.1 Å². The van der Waals surface area contributed by atoms with Crippen LogP contribution < -0.4 is 0 Å². The van der Waals surface area contributed by atoms with Gasteiger partial charge >= 0.3 is 0 Å². The molecule has 0 saturated carbocycles. The summed E-state index contributed by atoms with van der Waals surface area (Å²) in [6, 6.07) is 0. The van der Waals surface area contributed by atoms with Gasteiger partial charge in [0, 0.05) is 0 Å². The van der Waals surface area contributed by atoms with Crippen molar-refractivity contribution >= 4 is 8.24 Å². The summed E-state index contributed by atoms with van der Waals surface area (Å²) in [7, 11) is -0.965. The first-order valence-corrected chi connectivity index (χ1v) is 8.74. The standard InChI is InChI=1S/C10H23NSi/c1-5-10-6-8-11(9-7-10)12(2,3)4/h10H,5-9H2,1-4H3. The predicted molar refractivity (Wildman–Crippen MR) is 57.9 cm³/mol. The zero-order valence-corrected chi connectivity index (χ0v) is 10.1. The molecule has 12 heavy (non-hydrogen) atoms. The highest BCUT2D eigenvalue weighted by Crippen LogP contribution is 2.23. The Hall–Kier alpha value is 0.177. The predicted octanol–water partition coefficient (Wildman–Crippen LogP) is 2.94. The van der Waals surface area contributed by atoms with Crippen LogP contribution in [0.2, 0.25) is 19.6 Å². The molecule has 0 unspecified atom stereocenters. The maximum absolute atomic E-state index is 2.75. The molecule has 1 rings (SSSR count). The van der Waals surface area contributed by atoms with Gasteiger partial charge in [-0.2, -0.15) is 0 Å². The minimum Gasteiger partial charge on any atom is -0.324 e. The van der Waals surface area contributed by atoms with Crippen molar-refractivity contribution in [3.8, 4) is 0 Å². The van der Waals surface area contributed by atoms with E-state index < -0.39 is 8.24 Å². The number of hydrogen-bond acceptors (Lipinski definition) is 1. The average molecular weight is 185 g/mol. The van der Waals surface area contributed by atoms with Crippen molar-refractivity contribution in [3.05, 3.63) is 0 Å². The van der Waals surface area contributed by atoms with E-state index in [9.17, 15) is 0 Å². The minimum absolute atomic E-state index is 0.965. The molecule has 0 spiro atoms. The van der Waals surface area contributed by atoms with Crippen LogP contribution in [-0.2, 0) is 0 Å². The van der Waals surface area contributed by atoms with E-state index in [1.165, 1.54) is 32.4 Å². The van der Waals surface area contributed by atoms with E-state index in [0.29, 0.717) is 0 Å². The highest BCUT2D eigenvalue weighted by Gasteiger charge is 2.27. The fourth-order valence-electron chi connectivity index (χ4n) is 2.01. The Bertz CT molecular complexity index is 131. The zero-order valence-electron chi connectivity index (χ0n) is 9.06. The molecule has 1 nitrogen and oxygen atoms in total. The van der Waals surface area contributed by atoms with E-state index in [1.54, 1.807) is 0 Å². The van der Waals surface area contributed by atoms with Gasteiger partial charge in [-0.3, -0.25) is 0 Å². The van der Waals surface area contributed by atoms with Crippen LogP contribution >= 0.6 is 0 Å². The average Bonchev–Trinajstić information content (AvgIpc) is 2.03. The monoisotopic (exact) mass is 185 g/mol. The Kier molecular flexibility index (Phi) is 3.35. The second kappa shape index (κ2) is 3.92. The van der Waals surface area contributed by atoms with Crippen molar-refractivity contribution in [3.63, 3.8) is 0 Å². The van der Waals surface area contributed by atoms with Gasteiger partial charge in [-0.15, -0.1) is 0 Å². The van der Waals surface area contributed by atoms with Gasteiger partial charge in [0.1, 0.15) is 8.24 Å². The molecule has 0 radical (unpaired) electrons. The lowest BCUT2D eigenvalue weighted by atomic mass is 9.96. The van der Waals surface area contributed by atoms with Gasteiger partial charge in [0.25, 0.3) is 0 Å². The molecular weight excluding hydrogens is 162 g/mol. The summed E-state index contributed by atoms with van der Waals surface area (Å²) in [4.78, 5) is 0. The highest BCUT2D eigenvalue weighted by molar-refractivity contribution is 6.73. The molecular formula is C10H23NSi. The summed E-state index contributed by atoms with van der Waals surface area (Å²) in [6.07, 6.45) is 4.28. The van der Waals surface area contributed by atoms with Crippen LogP contribution in [-0.4, -0.2) is 25.9 Å². The van der Waals surface area contributed by atoms with Gasteiger partial charge < -0.3 is 4.57 Å². The van der Waals surface area contributed by atoms with Crippen LogP contribution in [0.5, 0.6) is 0 Å². The lowest BCUT2D eigenvalue weighted by Gasteiger charge is -2.39. The Morgan fingerprint density at radius 1 is 1.17 bits per heavy atom. The van der Waals surface area contributed by atoms with E-state index in [-0.39, 0.29) is 0 Å². The van der Waals surface area contributed by atoms with Gasteiger partial charge in [-0.25, -0.2) is 0 Å². The molecule has 0 aromatic rings. The summed E-state index contributed by atoms with van der Waals surface area (Å²) in [6.45, 7) is 12.4. The maximum atomic E-state index is 2.75. The van der Waals surface area contributed by atoms with Crippen LogP contribution in [0.15, 0.2) is 0 Å². The van der Waals surface area contributed by atoms with Crippen LogP contribution in [0.1, 0.15) is 26.2 Å². The van der Waals surface area contributed by atoms with Crippen LogP contribution in [0.3, 0.4) is 0 Å². The van der Waals surface area contributed by atoms with Gasteiger partial charge in [0.2, 0.25) is 0 Å². The lowest BCUT2D eigenvalue weighted by Crippen LogP contribution is -2.49. The molecule has 0 aliphatic carbocycles. The minimum atomic E-state index is -0.965. The molecule has 0 atom stereocenters. The van der Waals surface area contributed by atoms with E-state index in [0.717, 1.165) is 5.92 Å². The van der Waals surface area contributed by atoms with Crippen molar-refractivity contribution in [2.24, 2.45) is 5.92 Å². The van der Waals surface area contributed by atoms with E-state index in [1.807, 2.05) is 0 Å². The molecule has 1 aliphatic heterocycles. The Morgan fingerprint density at radius 3 is 2.00 bits per heavy atom. The Morgan fingerprint density at radius 2 is 1.67 bits per heavy atom. The molecule has 1 aliphatic rings. The molecule has 1 saturated heterocycles. The van der Waals surface area contributed by atoms with Crippen molar-refractivity contribution in [1.82, 2.24) is 4.57 Å². The second-order valence-corrected chi connectivity index (χ2v) is 9.98. The molecule has 1 heterocycles. The van der Waals surface area contributed by atoms with Crippen LogP contribution in [0.25, 0.3) is 0 Å². The fraction of sp³-hybridized carbons (Fsp3) is 1.00. The molecule has 0 aromatic heterocycles. The summed E-state index contributed by atoms with van der Waals surface area (Å²) in [5.41, 5.74) is 0. The number of hydrogen-bond donors (Lipinski definition) is 0. The van der Waals surface area contributed by atoms with Gasteiger partial charge in [-0.05, 0) is 31.8 Å². The first-order valence-electron chi connectivity index (χ1n) is 5.29. The molecule has 0 N–H and O–H groups in total. The van der Waals surface area contributed by atoms with E-state index >= 15 is 0 Å². The zero-order chi connectivity index (χ0) is 9.19. The summed E-state index contributed by atoms with van der Waals surface area (Å²) >= 11 is 0. The van der Waals surface area contributed by atoms with Gasteiger partial charge in [0.05, 0.1) is 0 Å². The Balaban J connectivity index is 2.36. The highest BCUT2D eigenvalue weighted by atomic mass is 28.3. The number of piperidine rings is 1. The third-order valence-electron chi connectivity index (χ3n) is 3.14. The molecule has 1 fully saturated rings. The fourth-order valence-corrected chi connectivity index (χ4v) is 3.61. The first-order chi connectivity index (χ1) is 5.54. The van der Waals surface area contributed by atoms with Crippen molar-refractivity contribution in [2.45, 2.75) is 45.8 Å². The summed E-state index contributed by atoms with van der Waals surface area (Å²) < 4.78 is 2.75. The third kappa shape index (κ3) is 2.59. The summed E-state index contributed by atoms with van der Waals surface area (Å²) in [5, 5.41) is 0. The lowest BCUT2D eigenvalue weighted by molar-refractivity contribution is 0.264. The SMILES string of the molecule is CCC1CCN([Si](C)(C)C)CC1. The van der Waals surface area contributed by atoms with E-state index in [4.69, 9.17) is 0 Å². The maximum Gasteiger partial charge on any atom is 0.119 e. The quantitative estimate of drug-likeness (QED) is 0.598. The van der Waals surface area contributed by atoms with Crippen LogP contribution in [0.4, 0.5) is 0 Å². The van der Waals surface area contributed by atoms with Crippen LogP contribution in [0, 0.1) is 5.92 Å². The summed E-state index contributed by atoms with van der Waals surface area (Å²) in [5.74, 6) is 1.03. The first kappa shape index (κ1) is 10.3. The van der Waals surface area contributed by atoms with E-state index in [2.05, 4.69) is 31.1 Å². The molecule has 0 bridgehead atoms. The van der Waals surface area contributed by atoms with Gasteiger partial charge in [-0.1, -0.05) is 33.0 Å². The molecule has 0 amide bonds. The molecule has 0 aromatic carbocycles. The van der Waals surface area contributed by atoms with Crippen molar-refractivity contribution < 1.29 is 0 Å². The number of rotatable bonds is 2. The van der Waals surface area contributed by atoms with Crippen molar-refractivity contribution in [1.29, 1.82) is 0 Å². The number of nitrogens with zero attached hydrogens (tertiary/aromatic N) is 1. The second-order valence-electron chi connectivity index (χ2n) is 5.01. The normalized spacial score (nSPS) is 23.0. The van der Waals surface area contributed by atoms with Gasteiger partial charge in [0.15, 0.2) is 0 Å². The smallest absolute Gasteiger partial charge is 0.119 e. The third-order valence-corrected chi connectivity index (χ3v) is 5.49. The largest absolute Gasteiger partial charge is 0.324 e. The molecule has 72 valence electrons.